The summed E-state index contributed by atoms with van der Waals surface area (Å²) in [6.45, 7) is 1.51. The van der Waals surface area contributed by atoms with Gasteiger partial charge in [-0.05, 0) is 104 Å². The van der Waals surface area contributed by atoms with Gasteiger partial charge in [0.15, 0.2) is 0 Å². The van der Waals surface area contributed by atoms with Gasteiger partial charge in [0, 0.05) is 29.1 Å². The first-order chi connectivity index (χ1) is 26.2. The molecule has 2 unspecified atom stereocenters. The summed E-state index contributed by atoms with van der Waals surface area (Å²) in [4.78, 5) is 30.4. The van der Waals surface area contributed by atoms with E-state index in [1.54, 1.807) is 24.1 Å². The monoisotopic (exact) mass is 751 g/mol. The van der Waals surface area contributed by atoms with Crippen molar-refractivity contribution in [3.63, 3.8) is 0 Å². The maximum atomic E-state index is 14.6. The van der Waals surface area contributed by atoms with Crippen LogP contribution in [0.3, 0.4) is 0 Å². The van der Waals surface area contributed by atoms with Crippen LogP contribution in [0.25, 0.3) is 33.8 Å². The van der Waals surface area contributed by atoms with Crippen LogP contribution in [-0.4, -0.2) is 77.1 Å². The summed E-state index contributed by atoms with van der Waals surface area (Å²) in [6, 6.07) is 11.9. The van der Waals surface area contributed by atoms with Gasteiger partial charge in [-0.25, -0.2) is 13.1 Å². The van der Waals surface area contributed by atoms with Gasteiger partial charge < -0.3 is 18.9 Å². The summed E-state index contributed by atoms with van der Waals surface area (Å²) < 4.78 is 44.6. The van der Waals surface area contributed by atoms with Gasteiger partial charge in [0.05, 0.1) is 67.4 Å². The number of benzene rings is 2. The highest BCUT2D eigenvalue weighted by Crippen LogP contribution is 2.48. The molecule has 4 fully saturated rings. The molecule has 2 atom stereocenters. The Kier molecular flexibility index (Phi) is 9.16. The Morgan fingerprint density at radius 2 is 1.63 bits per heavy atom. The predicted octanol–water partition coefficient (Wildman–Crippen LogP) is 7.05. The molecule has 2 saturated heterocycles. The zero-order valence-corrected chi connectivity index (χ0v) is 32.0. The molecule has 0 spiro atoms. The van der Waals surface area contributed by atoms with Crippen LogP contribution in [0.1, 0.15) is 121 Å². The molecular formula is C42H49N5O6S. The van der Waals surface area contributed by atoms with E-state index in [9.17, 15) is 18.0 Å². The first-order valence-corrected chi connectivity index (χ1v) is 21.3. The second-order valence-corrected chi connectivity index (χ2v) is 17.9. The second kappa shape index (κ2) is 14.0. The third-order valence-electron chi connectivity index (χ3n) is 12.7. The van der Waals surface area contributed by atoms with E-state index in [1.807, 2.05) is 30.1 Å². The van der Waals surface area contributed by atoms with E-state index < -0.39 is 21.2 Å². The maximum absolute atomic E-state index is 14.6. The number of piperidine rings is 1. The van der Waals surface area contributed by atoms with E-state index in [0.29, 0.717) is 49.6 Å². The van der Waals surface area contributed by atoms with Crippen LogP contribution in [0.2, 0.25) is 0 Å². The number of aryl methyl sites for hydroxylation is 1. The van der Waals surface area contributed by atoms with Gasteiger partial charge >= 0.3 is 0 Å². The number of sulfonamides is 1. The molecule has 2 aliphatic carbocycles. The average Bonchev–Trinajstić information content (AvgIpc) is 3.91. The highest BCUT2D eigenvalue weighted by atomic mass is 32.2. The summed E-state index contributed by atoms with van der Waals surface area (Å²) in [5.74, 6) is 0.433. The number of carbonyl (C=O) groups excluding carboxylic acids is 2. The number of hydrogen-bond acceptors (Lipinski definition) is 7. The smallest absolute Gasteiger partial charge is 0.264 e. The Balaban J connectivity index is 1.21. The van der Waals surface area contributed by atoms with Gasteiger partial charge in [-0.3, -0.25) is 14.3 Å². The fraction of sp³-hybridized carbons (Fsp3) is 0.500. The number of hydrogen-bond donors (Lipinski definition) is 1. The van der Waals surface area contributed by atoms with Gasteiger partial charge in [0.25, 0.3) is 11.8 Å². The van der Waals surface area contributed by atoms with Gasteiger partial charge in [-0.2, -0.15) is 5.10 Å². The van der Waals surface area contributed by atoms with E-state index in [1.165, 1.54) is 12.0 Å². The third-order valence-corrected chi connectivity index (χ3v) is 14.5. The van der Waals surface area contributed by atoms with Crippen LogP contribution in [-0.2, 0) is 28.4 Å². The molecule has 3 aliphatic heterocycles. The molecule has 5 aliphatic rings. The van der Waals surface area contributed by atoms with Gasteiger partial charge in [-0.15, -0.1) is 0 Å². The molecule has 11 nitrogen and oxygen atoms in total. The van der Waals surface area contributed by atoms with Crippen LogP contribution < -0.4 is 9.46 Å². The van der Waals surface area contributed by atoms with Crippen LogP contribution >= 0.6 is 0 Å². The molecule has 4 aromatic rings. The molecule has 2 saturated carbocycles. The Morgan fingerprint density at radius 1 is 0.889 bits per heavy atom. The molecule has 284 valence electrons. The molecule has 9 rings (SSSR count). The number of morpholine rings is 1. The minimum absolute atomic E-state index is 0.0185. The van der Waals surface area contributed by atoms with Crippen LogP contribution in [0.4, 0.5) is 0 Å². The van der Waals surface area contributed by atoms with E-state index in [2.05, 4.69) is 32.6 Å². The molecule has 1 N–H and O–H groups in total. The summed E-state index contributed by atoms with van der Waals surface area (Å²) in [5, 5.41) is 5.20. The number of nitrogens with one attached hydrogen (secondary N) is 1. The predicted molar refractivity (Wildman–Crippen MR) is 208 cm³/mol. The molecule has 12 heteroatoms. The van der Waals surface area contributed by atoms with Crippen molar-refractivity contribution in [2.45, 2.75) is 107 Å². The van der Waals surface area contributed by atoms with E-state index >= 15 is 0 Å². The average molecular weight is 752 g/mol. The normalized spacial score (nSPS) is 22.0. The highest BCUT2D eigenvalue weighted by molar-refractivity contribution is 7.90. The van der Waals surface area contributed by atoms with Crippen molar-refractivity contribution >= 4 is 44.4 Å². The SMILES string of the molecule is COc1ccc2c(c1)C=C(c1c(C(=O)N3C4CCCC3COC4)cnn1C)Cn1c-2c(C2CCCCC2)c2ccc(C(=O)NS(=O)(=O)C3CCCC3)cc21. The van der Waals surface area contributed by atoms with Crippen molar-refractivity contribution in [2.24, 2.45) is 7.05 Å². The number of aromatic nitrogens is 3. The quantitative estimate of drug-likeness (QED) is 0.215. The fourth-order valence-corrected chi connectivity index (χ4v) is 11.6. The number of rotatable bonds is 7. The summed E-state index contributed by atoms with van der Waals surface area (Å²) in [7, 11) is -0.235. The van der Waals surface area contributed by atoms with Crippen molar-refractivity contribution in [3.05, 3.63) is 70.5 Å². The van der Waals surface area contributed by atoms with Gasteiger partial charge in [0.2, 0.25) is 10.0 Å². The molecule has 2 aromatic heterocycles. The summed E-state index contributed by atoms with van der Waals surface area (Å²) in [5.41, 5.74) is 7.79. The van der Waals surface area contributed by atoms with Crippen molar-refractivity contribution in [3.8, 4) is 17.0 Å². The molecule has 5 heterocycles. The number of ether oxygens (including phenoxy) is 2. The minimum atomic E-state index is -3.79. The Morgan fingerprint density at radius 3 is 2.37 bits per heavy atom. The lowest BCUT2D eigenvalue weighted by Gasteiger charge is -2.45. The lowest BCUT2D eigenvalue weighted by atomic mass is 9.81. The third kappa shape index (κ3) is 6.05. The number of methoxy groups -OCH3 is 1. The summed E-state index contributed by atoms with van der Waals surface area (Å²) >= 11 is 0. The standard InChI is InChI=1S/C42H49N5O6S/c1-45-39(36(22-43-45)42(49)47-30-11-8-12-31(47)25-53-24-30)29-19-28-20-32(52-2)16-18-34(28)40-38(26-9-4-3-5-10-26)35-17-15-27(21-37(35)46(40)23-29)41(48)44-54(50,51)33-13-6-7-14-33/h15-22,26,30-31,33H,3-14,23-25H2,1-2H3,(H,44,48). The topological polar surface area (TPSA) is 125 Å². The van der Waals surface area contributed by atoms with Crippen LogP contribution in [0, 0.1) is 0 Å². The van der Waals surface area contributed by atoms with Crippen LogP contribution in [0.5, 0.6) is 5.75 Å². The molecular weight excluding hydrogens is 703 g/mol. The highest BCUT2D eigenvalue weighted by Gasteiger charge is 2.40. The van der Waals surface area contributed by atoms with Gasteiger partial charge in [-0.1, -0.05) is 38.2 Å². The first-order valence-electron chi connectivity index (χ1n) is 19.8. The lowest BCUT2D eigenvalue weighted by Crippen LogP contribution is -2.57. The van der Waals surface area contributed by atoms with E-state index in [4.69, 9.17) is 9.47 Å². The Labute approximate surface area is 316 Å². The van der Waals surface area contributed by atoms with E-state index in [-0.39, 0.29) is 18.0 Å². The zero-order chi connectivity index (χ0) is 37.1. The zero-order valence-electron chi connectivity index (χ0n) is 31.2. The van der Waals surface area contributed by atoms with Crippen molar-refractivity contribution in [1.29, 1.82) is 0 Å². The van der Waals surface area contributed by atoms with Crippen LogP contribution in [0.15, 0.2) is 42.6 Å². The largest absolute Gasteiger partial charge is 0.497 e. The number of carbonyl (C=O) groups is 2. The van der Waals surface area contributed by atoms with Crippen molar-refractivity contribution < 1.29 is 27.5 Å². The van der Waals surface area contributed by atoms with Gasteiger partial charge in [0.1, 0.15) is 5.75 Å². The number of allylic oxidation sites excluding steroid dienone is 1. The fourth-order valence-electron chi connectivity index (χ4n) is 10.1. The molecule has 2 bridgehead atoms. The molecule has 0 radical (unpaired) electrons. The number of nitrogens with zero attached hydrogens (tertiary/aromatic N) is 4. The molecule has 54 heavy (non-hydrogen) atoms. The number of fused-ring (bicyclic) bond motifs is 7. The lowest BCUT2D eigenvalue weighted by molar-refractivity contribution is -0.0566. The molecule has 2 amide bonds. The summed E-state index contributed by atoms with van der Waals surface area (Å²) in [6.07, 6.45) is 15.3. The Hall–Kier alpha value is -4.42. The maximum Gasteiger partial charge on any atom is 0.264 e. The van der Waals surface area contributed by atoms with Crippen molar-refractivity contribution in [1.82, 2.24) is 24.0 Å². The number of amides is 2. The first kappa shape index (κ1) is 35.3. The van der Waals surface area contributed by atoms with E-state index in [0.717, 1.165) is 103 Å². The Bertz CT molecular complexity index is 2250. The second-order valence-electron chi connectivity index (χ2n) is 15.9. The van der Waals surface area contributed by atoms with Crippen molar-refractivity contribution in [2.75, 3.05) is 20.3 Å². The molecule has 2 aromatic carbocycles. The minimum Gasteiger partial charge on any atom is -0.497 e.